The lowest BCUT2D eigenvalue weighted by atomic mass is 10.0. The molecule has 0 aromatic carbocycles. The van der Waals surface area contributed by atoms with E-state index in [4.69, 9.17) is 23.7 Å². The predicted molar refractivity (Wildman–Crippen MR) is 58.5 cm³/mol. The predicted octanol–water partition coefficient (Wildman–Crippen LogP) is 1.06. The molecule has 98 valence electrons. The maximum Gasteiger partial charge on any atom is 0.163 e. The quantitative estimate of drug-likeness (QED) is 0.637. The van der Waals surface area contributed by atoms with Crippen molar-refractivity contribution in [2.75, 3.05) is 13.2 Å². The van der Waals surface area contributed by atoms with Gasteiger partial charge >= 0.3 is 0 Å². The molecule has 3 saturated heterocycles. The minimum Gasteiger partial charge on any atom is -0.365 e. The van der Waals surface area contributed by atoms with Gasteiger partial charge in [-0.2, -0.15) is 0 Å². The van der Waals surface area contributed by atoms with Crippen molar-refractivity contribution in [1.29, 1.82) is 0 Å². The van der Waals surface area contributed by atoms with Crippen LogP contribution in [0, 0.1) is 0 Å². The van der Waals surface area contributed by atoms with Crippen LogP contribution in [0.5, 0.6) is 0 Å². The molecule has 0 aliphatic carbocycles. The Kier molecular flexibility index (Phi) is 2.55. The summed E-state index contributed by atoms with van der Waals surface area (Å²) in [5, 5.41) is 0. The first-order valence-electron chi connectivity index (χ1n) is 6.15. The van der Waals surface area contributed by atoms with Gasteiger partial charge in [-0.05, 0) is 27.7 Å². The zero-order valence-corrected chi connectivity index (χ0v) is 10.8. The van der Waals surface area contributed by atoms with Gasteiger partial charge in [0.1, 0.15) is 24.4 Å². The van der Waals surface area contributed by atoms with Crippen LogP contribution in [0.25, 0.3) is 0 Å². The summed E-state index contributed by atoms with van der Waals surface area (Å²) in [5.41, 5.74) is 0. The molecule has 0 radical (unpaired) electrons. The SMILES string of the molecule is CC1(C)OC[C@@H]2O[C@H]3COC(C)(C)O[C@H]3[C@@H]2O1. The molecule has 4 atom stereocenters. The van der Waals surface area contributed by atoms with Crippen molar-refractivity contribution in [2.24, 2.45) is 0 Å². The fourth-order valence-electron chi connectivity index (χ4n) is 2.65. The Morgan fingerprint density at radius 3 is 1.59 bits per heavy atom. The van der Waals surface area contributed by atoms with Crippen molar-refractivity contribution < 1.29 is 23.7 Å². The Bertz CT molecular complexity index is 284. The molecular weight excluding hydrogens is 224 g/mol. The molecule has 17 heavy (non-hydrogen) atoms. The molecule has 0 aromatic rings. The third-order valence-corrected chi connectivity index (χ3v) is 3.44. The third-order valence-electron chi connectivity index (χ3n) is 3.44. The Balaban J connectivity index is 1.79. The van der Waals surface area contributed by atoms with Gasteiger partial charge in [0.05, 0.1) is 13.2 Å². The summed E-state index contributed by atoms with van der Waals surface area (Å²) in [5.74, 6) is -1.13. The van der Waals surface area contributed by atoms with Crippen molar-refractivity contribution in [3.05, 3.63) is 0 Å². The molecule has 0 saturated carbocycles. The highest BCUT2D eigenvalue weighted by atomic mass is 16.8. The Morgan fingerprint density at radius 1 is 0.765 bits per heavy atom. The molecule has 0 bridgehead atoms. The van der Waals surface area contributed by atoms with E-state index in [1.54, 1.807) is 0 Å². The van der Waals surface area contributed by atoms with E-state index in [9.17, 15) is 0 Å². The van der Waals surface area contributed by atoms with E-state index in [1.165, 1.54) is 0 Å². The maximum atomic E-state index is 5.93. The smallest absolute Gasteiger partial charge is 0.163 e. The van der Waals surface area contributed by atoms with Crippen LogP contribution in [0.1, 0.15) is 27.7 Å². The molecule has 3 aliphatic heterocycles. The van der Waals surface area contributed by atoms with Crippen molar-refractivity contribution in [1.82, 2.24) is 0 Å². The summed E-state index contributed by atoms with van der Waals surface area (Å²) >= 11 is 0. The lowest BCUT2D eigenvalue weighted by molar-refractivity contribution is -0.327. The Hall–Kier alpha value is -0.200. The molecule has 5 nitrogen and oxygen atoms in total. The van der Waals surface area contributed by atoms with Gasteiger partial charge in [-0.25, -0.2) is 0 Å². The molecule has 5 heteroatoms. The van der Waals surface area contributed by atoms with Crippen LogP contribution in [0.3, 0.4) is 0 Å². The van der Waals surface area contributed by atoms with Gasteiger partial charge in [0, 0.05) is 0 Å². The van der Waals surface area contributed by atoms with Crippen LogP contribution in [0.4, 0.5) is 0 Å². The van der Waals surface area contributed by atoms with E-state index >= 15 is 0 Å². The van der Waals surface area contributed by atoms with Gasteiger partial charge in [0.15, 0.2) is 11.6 Å². The first kappa shape index (κ1) is 11.9. The lowest BCUT2D eigenvalue weighted by Crippen LogP contribution is -2.55. The summed E-state index contributed by atoms with van der Waals surface area (Å²) in [7, 11) is 0. The fraction of sp³-hybridized carbons (Fsp3) is 1.00. The van der Waals surface area contributed by atoms with Crippen LogP contribution in [-0.2, 0) is 23.7 Å². The number of rotatable bonds is 0. The van der Waals surface area contributed by atoms with Crippen LogP contribution in [-0.4, -0.2) is 49.2 Å². The van der Waals surface area contributed by atoms with E-state index < -0.39 is 11.6 Å². The van der Waals surface area contributed by atoms with E-state index in [2.05, 4.69) is 0 Å². The molecule has 0 spiro atoms. The Morgan fingerprint density at radius 2 is 1.18 bits per heavy atom. The van der Waals surface area contributed by atoms with Gasteiger partial charge in [0.25, 0.3) is 0 Å². The average molecular weight is 244 g/mol. The molecule has 3 aliphatic rings. The number of ether oxygens (including phenoxy) is 5. The molecule has 0 unspecified atom stereocenters. The van der Waals surface area contributed by atoms with Crippen LogP contribution >= 0.6 is 0 Å². The van der Waals surface area contributed by atoms with Gasteiger partial charge in [-0.15, -0.1) is 0 Å². The largest absolute Gasteiger partial charge is 0.365 e. The molecular formula is C12H20O5. The molecule has 0 N–H and O–H groups in total. The molecule has 0 aromatic heterocycles. The second-order valence-electron chi connectivity index (χ2n) is 5.80. The van der Waals surface area contributed by atoms with E-state index in [0.29, 0.717) is 13.2 Å². The van der Waals surface area contributed by atoms with Gasteiger partial charge in [0.2, 0.25) is 0 Å². The summed E-state index contributed by atoms with van der Waals surface area (Å²) in [4.78, 5) is 0. The van der Waals surface area contributed by atoms with E-state index in [1.807, 2.05) is 27.7 Å². The summed E-state index contributed by atoms with van der Waals surface area (Å²) < 4.78 is 28.9. The summed E-state index contributed by atoms with van der Waals surface area (Å²) in [6.45, 7) is 8.77. The highest BCUT2D eigenvalue weighted by molar-refractivity contribution is 4.98. The Labute approximate surface area is 101 Å². The molecule has 3 fully saturated rings. The highest BCUT2D eigenvalue weighted by Crippen LogP contribution is 2.39. The standard InChI is InChI=1S/C12H20O5/c1-11(2)13-5-7-9(16-11)10-8(15-7)6-14-12(3,4)17-10/h7-10H,5-6H2,1-4H3/t7-,8-,9+,10+/m0/s1. The minimum absolute atomic E-state index is 0.0458. The van der Waals surface area contributed by atoms with Gasteiger partial charge in [-0.1, -0.05) is 0 Å². The second-order valence-corrected chi connectivity index (χ2v) is 5.80. The maximum absolute atomic E-state index is 5.93. The van der Waals surface area contributed by atoms with Crippen molar-refractivity contribution in [2.45, 2.75) is 63.7 Å². The van der Waals surface area contributed by atoms with Gasteiger partial charge in [-0.3, -0.25) is 0 Å². The third kappa shape index (κ3) is 2.11. The first-order chi connectivity index (χ1) is 7.86. The summed E-state index contributed by atoms with van der Waals surface area (Å²) in [6.07, 6.45) is -0.218. The number of hydrogen-bond acceptors (Lipinski definition) is 5. The second kappa shape index (κ2) is 3.65. The zero-order chi connectivity index (χ0) is 12.3. The monoisotopic (exact) mass is 244 g/mol. The molecule has 3 rings (SSSR count). The van der Waals surface area contributed by atoms with E-state index in [0.717, 1.165) is 0 Å². The molecule has 3 heterocycles. The minimum atomic E-state index is -0.564. The van der Waals surface area contributed by atoms with Crippen LogP contribution in [0.2, 0.25) is 0 Å². The summed E-state index contributed by atoms with van der Waals surface area (Å²) in [6, 6.07) is 0. The van der Waals surface area contributed by atoms with Gasteiger partial charge < -0.3 is 23.7 Å². The topological polar surface area (TPSA) is 46.2 Å². The number of hydrogen-bond donors (Lipinski definition) is 0. The fourth-order valence-corrected chi connectivity index (χ4v) is 2.65. The average Bonchev–Trinajstić information content (AvgIpc) is 2.53. The van der Waals surface area contributed by atoms with E-state index in [-0.39, 0.29) is 24.4 Å². The van der Waals surface area contributed by atoms with Crippen LogP contribution < -0.4 is 0 Å². The first-order valence-corrected chi connectivity index (χ1v) is 6.15. The lowest BCUT2D eigenvalue weighted by Gasteiger charge is -2.42. The number of fused-ring (bicyclic) bond motifs is 3. The zero-order valence-electron chi connectivity index (χ0n) is 10.8. The molecule has 0 amide bonds. The van der Waals surface area contributed by atoms with Crippen molar-refractivity contribution >= 4 is 0 Å². The van der Waals surface area contributed by atoms with Crippen molar-refractivity contribution in [3.8, 4) is 0 Å². The van der Waals surface area contributed by atoms with Crippen LogP contribution in [0.15, 0.2) is 0 Å². The highest BCUT2D eigenvalue weighted by Gasteiger charge is 2.55. The van der Waals surface area contributed by atoms with Crippen molar-refractivity contribution in [3.63, 3.8) is 0 Å². The normalized spacial score (nSPS) is 47.3.